The largest absolute Gasteiger partial charge is 0.489 e. The second-order valence-electron chi connectivity index (χ2n) is 4.25. The molecule has 0 saturated carbocycles. The molecule has 0 aromatic heterocycles. The molecule has 0 saturated heterocycles. The Morgan fingerprint density at radius 3 is 2.81 bits per heavy atom. The number of carbonyl (C=O) groups is 1. The van der Waals surface area contributed by atoms with Crippen molar-refractivity contribution in [2.75, 3.05) is 0 Å². The fourth-order valence-corrected chi connectivity index (χ4v) is 1.89. The van der Waals surface area contributed by atoms with Crippen molar-refractivity contribution in [3.05, 3.63) is 70.5 Å². The second-order valence-corrected chi connectivity index (χ2v) is 4.65. The molecule has 0 radical (unpaired) electrons. The van der Waals surface area contributed by atoms with Gasteiger partial charge in [0.25, 0.3) is 0 Å². The lowest BCUT2D eigenvalue weighted by atomic mass is 10.2. The molecule has 2 aromatic rings. The van der Waals surface area contributed by atoms with Crippen LogP contribution < -0.4 is 4.74 Å². The van der Waals surface area contributed by atoms with E-state index in [0.717, 1.165) is 6.08 Å². The second kappa shape index (κ2) is 6.90. The first kappa shape index (κ1) is 15.1. The molecule has 0 aliphatic carbocycles. The first-order valence-electron chi connectivity index (χ1n) is 6.13. The molecule has 0 amide bonds. The Morgan fingerprint density at radius 2 is 2.05 bits per heavy atom. The number of rotatable bonds is 5. The fourth-order valence-electron chi connectivity index (χ4n) is 1.70. The van der Waals surface area contributed by atoms with Crippen molar-refractivity contribution < 1.29 is 19.0 Å². The van der Waals surface area contributed by atoms with Crippen molar-refractivity contribution in [3.63, 3.8) is 0 Å². The van der Waals surface area contributed by atoms with Crippen molar-refractivity contribution >= 4 is 23.6 Å². The summed E-state index contributed by atoms with van der Waals surface area (Å²) in [7, 11) is 0. The zero-order valence-electron chi connectivity index (χ0n) is 10.9. The zero-order chi connectivity index (χ0) is 15.2. The first-order valence-corrected chi connectivity index (χ1v) is 6.51. The highest BCUT2D eigenvalue weighted by Gasteiger charge is 2.06. The molecule has 0 unspecified atom stereocenters. The summed E-state index contributed by atoms with van der Waals surface area (Å²) in [5, 5.41) is 8.63. The highest BCUT2D eigenvalue weighted by Crippen LogP contribution is 2.21. The Balaban J connectivity index is 2.08. The van der Waals surface area contributed by atoms with Crippen LogP contribution in [0.3, 0.4) is 0 Å². The van der Waals surface area contributed by atoms with Gasteiger partial charge in [-0.05, 0) is 29.8 Å². The minimum absolute atomic E-state index is 0.0402. The smallest absolute Gasteiger partial charge is 0.328 e. The number of hydrogen-bond donors (Lipinski definition) is 1. The highest BCUT2D eigenvalue weighted by atomic mass is 35.5. The third kappa shape index (κ3) is 4.33. The van der Waals surface area contributed by atoms with E-state index < -0.39 is 11.8 Å². The average Bonchev–Trinajstić information content (AvgIpc) is 2.47. The summed E-state index contributed by atoms with van der Waals surface area (Å²) in [6, 6.07) is 11.6. The molecule has 0 aliphatic rings. The van der Waals surface area contributed by atoms with Gasteiger partial charge >= 0.3 is 5.97 Å². The molecule has 0 fully saturated rings. The minimum atomic E-state index is -1.03. The van der Waals surface area contributed by atoms with Gasteiger partial charge in [0.05, 0.1) is 5.02 Å². The van der Waals surface area contributed by atoms with Gasteiger partial charge in [-0.15, -0.1) is 0 Å². The van der Waals surface area contributed by atoms with E-state index >= 15 is 0 Å². The van der Waals surface area contributed by atoms with Crippen molar-refractivity contribution in [2.24, 2.45) is 0 Å². The van der Waals surface area contributed by atoms with Crippen LogP contribution >= 0.6 is 11.6 Å². The van der Waals surface area contributed by atoms with Gasteiger partial charge in [-0.2, -0.15) is 0 Å². The molecular weight excluding hydrogens is 295 g/mol. The summed E-state index contributed by atoms with van der Waals surface area (Å²) in [5.74, 6) is -1.01. The van der Waals surface area contributed by atoms with Crippen molar-refractivity contribution in [1.82, 2.24) is 0 Å². The Kier molecular flexibility index (Phi) is 4.95. The Morgan fingerprint density at radius 1 is 1.29 bits per heavy atom. The number of hydrogen-bond acceptors (Lipinski definition) is 2. The van der Waals surface area contributed by atoms with Crippen LogP contribution in [0.4, 0.5) is 4.39 Å². The molecule has 5 heteroatoms. The van der Waals surface area contributed by atoms with Crippen LogP contribution in [0.15, 0.2) is 48.5 Å². The molecule has 2 rings (SSSR count). The monoisotopic (exact) mass is 306 g/mol. The Bertz CT molecular complexity index is 683. The summed E-state index contributed by atoms with van der Waals surface area (Å²) in [4.78, 5) is 10.5. The van der Waals surface area contributed by atoms with Crippen molar-refractivity contribution in [2.45, 2.75) is 6.61 Å². The molecule has 21 heavy (non-hydrogen) atoms. The van der Waals surface area contributed by atoms with E-state index in [1.165, 1.54) is 12.1 Å². The molecule has 1 N–H and O–H groups in total. The molecule has 0 spiro atoms. The molecule has 108 valence electrons. The average molecular weight is 307 g/mol. The number of ether oxygens (including phenoxy) is 1. The minimum Gasteiger partial charge on any atom is -0.489 e. The quantitative estimate of drug-likeness (QED) is 0.844. The highest BCUT2D eigenvalue weighted by molar-refractivity contribution is 6.30. The lowest BCUT2D eigenvalue weighted by Crippen LogP contribution is -1.99. The van der Waals surface area contributed by atoms with Crippen LogP contribution in [0.25, 0.3) is 6.08 Å². The van der Waals surface area contributed by atoms with Crippen LogP contribution in [0.5, 0.6) is 5.75 Å². The molecule has 0 atom stereocenters. The summed E-state index contributed by atoms with van der Waals surface area (Å²) in [6.45, 7) is 0.0402. The van der Waals surface area contributed by atoms with E-state index in [-0.39, 0.29) is 11.6 Å². The predicted molar refractivity (Wildman–Crippen MR) is 78.9 cm³/mol. The van der Waals surface area contributed by atoms with Gasteiger partial charge < -0.3 is 9.84 Å². The van der Waals surface area contributed by atoms with Gasteiger partial charge in [-0.3, -0.25) is 0 Å². The molecular formula is C16H12ClFO3. The number of aliphatic carboxylic acids is 1. The van der Waals surface area contributed by atoms with Crippen LogP contribution in [-0.4, -0.2) is 11.1 Å². The number of halogens is 2. The maximum absolute atomic E-state index is 13.7. The predicted octanol–water partition coefficient (Wildman–Crippen LogP) is 4.16. The van der Waals surface area contributed by atoms with Gasteiger partial charge in [0.2, 0.25) is 0 Å². The number of carboxylic acids is 1. The SMILES string of the molecule is O=C(O)/C=C/c1cccc(OCc2cccc(Cl)c2F)c1. The van der Waals surface area contributed by atoms with Crippen LogP contribution in [0, 0.1) is 5.82 Å². The summed E-state index contributed by atoms with van der Waals surface area (Å²) >= 11 is 5.70. The summed E-state index contributed by atoms with van der Waals surface area (Å²) in [5.41, 5.74) is 1.04. The number of carboxylic acid groups (broad SMARTS) is 1. The van der Waals surface area contributed by atoms with Crippen molar-refractivity contribution in [3.8, 4) is 5.75 Å². The van der Waals surface area contributed by atoms with E-state index in [0.29, 0.717) is 16.9 Å². The molecule has 2 aromatic carbocycles. The van der Waals surface area contributed by atoms with Crippen LogP contribution in [0.2, 0.25) is 5.02 Å². The van der Waals surface area contributed by atoms with Gasteiger partial charge in [0.15, 0.2) is 0 Å². The Labute approximate surface area is 126 Å². The molecule has 3 nitrogen and oxygen atoms in total. The van der Waals surface area contributed by atoms with Gasteiger partial charge in [0.1, 0.15) is 18.2 Å². The summed E-state index contributed by atoms with van der Waals surface area (Å²) in [6.07, 6.45) is 2.49. The maximum atomic E-state index is 13.7. The van der Waals surface area contributed by atoms with E-state index in [2.05, 4.69) is 0 Å². The molecule has 0 bridgehead atoms. The van der Waals surface area contributed by atoms with E-state index in [1.54, 1.807) is 36.4 Å². The van der Waals surface area contributed by atoms with Crippen molar-refractivity contribution in [1.29, 1.82) is 0 Å². The summed E-state index contributed by atoms with van der Waals surface area (Å²) < 4.78 is 19.2. The third-order valence-electron chi connectivity index (χ3n) is 2.70. The Hall–Kier alpha value is -2.33. The van der Waals surface area contributed by atoms with Gasteiger partial charge in [0, 0.05) is 11.6 Å². The van der Waals surface area contributed by atoms with Crippen LogP contribution in [-0.2, 0) is 11.4 Å². The number of benzene rings is 2. The van der Waals surface area contributed by atoms with Gasteiger partial charge in [-0.25, -0.2) is 9.18 Å². The van der Waals surface area contributed by atoms with E-state index in [1.807, 2.05) is 0 Å². The van der Waals surface area contributed by atoms with Gasteiger partial charge in [-0.1, -0.05) is 35.9 Å². The molecule has 0 heterocycles. The zero-order valence-corrected chi connectivity index (χ0v) is 11.7. The van der Waals surface area contributed by atoms with E-state index in [4.69, 9.17) is 21.4 Å². The normalized spacial score (nSPS) is 10.8. The third-order valence-corrected chi connectivity index (χ3v) is 2.99. The molecule has 0 aliphatic heterocycles. The fraction of sp³-hybridized carbons (Fsp3) is 0.0625. The lowest BCUT2D eigenvalue weighted by molar-refractivity contribution is -0.131. The maximum Gasteiger partial charge on any atom is 0.328 e. The topological polar surface area (TPSA) is 46.5 Å². The first-order chi connectivity index (χ1) is 10.1. The van der Waals surface area contributed by atoms with Crippen LogP contribution in [0.1, 0.15) is 11.1 Å². The standard InChI is InChI=1S/C16H12ClFO3/c17-14-6-2-4-12(16(14)18)10-21-13-5-1-3-11(9-13)7-8-15(19)20/h1-9H,10H2,(H,19,20)/b8-7+. The lowest BCUT2D eigenvalue weighted by Gasteiger charge is -2.08. The van der Waals surface area contributed by atoms with E-state index in [9.17, 15) is 9.18 Å².